The lowest BCUT2D eigenvalue weighted by molar-refractivity contribution is 0.217. The molecule has 0 bridgehead atoms. The second-order valence-electron chi connectivity index (χ2n) is 6.62. The Morgan fingerprint density at radius 2 is 1.89 bits per heavy atom. The maximum Gasteiger partial charge on any atom is 0.323 e. The van der Waals surface area contributed by atoms with Crippen LogP contribution in [0, 0.1) is 0 Å². The van der Waals surface area contributed by atoms with E-state index >= 15 is 0 Å². The molecule has 0 fully saturated rings. The van der Waals surface area contributed by atoms with Crippen molar-refractivity contribution in [3.8, 4) is 17.0 Å². The lowest BCUT2D eigenvalue weighted by atomic mass is 10.00. The molecule has 4 rings (SSSR count). The number of nitrogens with one attached hydrogen (secondary N) is 2. The highest BCUT2D eigenvalue weighted by molar-refractivity contribution is 5.89. The molecule has 0 unspecified atom stereocenters. The monoisotopic (exact) mass is 374 g/mol. The molecule has 0 radical (unpaired) electrons. The minimum Gasteiger partial charge on any atom is -0.497 e. The summed E-state index contributed by atoms with van der Waals surface area (Å²) < 4.78 is 5.17. The SMILES string of the molecule is COc1ccc(-c2cc(NC(=O)N3CC=C(c4ccccc4)CC3)n[nH]2)cc1. The zero-order valence-corrected chi connectivity index (χ0v) is 15.7. The number of nitrogens with zero attached hydrogens (tertiary/aromatic N) is 2. The minimum atomic E-state index is -0.142. The Labute approximate surface area is 163 Å². The van der Waals surface area contributed by atoms with Gasteiger partial charge in [-0.05, 0) is 47.4 Å². The molecule has 2 heterocycles. The number of rotatable bonds is 4. The average Bonchev–Trinajstić information content (AvgIpc) is 3.23. The first kappa shape index (κ1) is 17.9. The van der Waals surface area contributed by atoms with Gasteiger partial charge >= 0.3 is 6.03 Å². The van der Waals surface area contributed by atoms with Gasteiger partial charge in [0.05, 0.1) is 12.8 Å². The smallest absolute Gasteiger partial charge is 0.323 e. The van der Waals surface area contributed by atoms with Crippen molar-refractivity contribution in [3.05, 3.63) is 72.3 Å². The van der Waals surface area contributed by atoms with Crippen LogP contribution < -0.4 is 10.1 Å². The van der Waals surface area contributed by atoms with Gasteiger partial charge in [0.1, 0.15) is 5.75 Å². The van der Waals surface area contributed by atoms with Crippen molar-refractivity contribution >= 4 is 17.4 Å². The molecule has 0 atom stereocenters. The highest BCUT2D eigenvalue weighted by Crippen LogP contribution is 2.24. The predicted molar refractivity (Wildman–Crippen MR) is 110 cm³/mol. The van der Waals surface area contributed by atoms with Gasteiger partial charge in [-0.2, -0.15) is 5.10 Å². The van der Waals surface area contributed by atoms with Crippen molar-refractivity contribution in [2.75, 3.05) is 25.5 Å². The highest BCUT2D eigenvalue weighted by Gasteiger charge is 2.18. The number of anilines is 1. The van der Waals surface area contributed by atoms with Crippen molar-refractivity contribution in [3.63, 3.8) is 0 Å². The molecule has 0 saturated heterocycles. The third-order valence-electron chi connectivity index (χ3n) is 4.85. The van der Waals surface area contributed by atoms with E-state index in [0.717, 1.165) is 23.4 Å². The zero-order valence-electron chi connectivity index (χ0n) is 15.7. The van der Waals surface area contributed by atoms with Crippen molar-refractivity contribution in [1.82, 2.24) is 15.1 Å². The number of aromatic amines is 1. The van der Waals surface area contributed by atoms with Crippen molar-refractivity contribution < 1.29 is 9.53 Å². The Kier molecular flexibility index (Phi) is 5.10. The molecule has 0 aliphatic carbocycles. The minimum absolute atomic E-state index is 0.142. The molecular formula is C22H22N4O2. The van der Waals surface area contributed by atoms with E-state index in [9.17, 15) is 4.79 Å². The van der Waals surface area contributed by atoms with Crippen LogP contribution in [0.4, 0.5) is 10.6 Å². The number of aromatic nitrogens is 2. The summed E-state index contributed by atoms with van der Waals surface area (Å²) in [5.41, 5.74) is 4.32. The molecule has 142 valence electrons. The Balaban J connectivity index is 1.38. The number of carbonyl (C=O) groups excluding carboxylic acids is 1. The molecule has 2 amide bonds. The van der Waals surface area contributed by atoms with Gasteiger partial charge < -0.3 is 9.64 Å². The predicted octanol–water partition coefficient (Wildman–Crippen LogP) is 4.41. The van der Waals surface area contributed by atoms with Gasteiger partial charge in [0, 0.05) is 19.2 Å². The maximum atomic E-state index is 12.6. The molecule has 1 aliphatic rings. The summed E-state index contributed by atoms with van der Waals surface area (Å²) in [5, 5.41) is 10.0. The summed E-state index contributed by atoms with van der Waals surface area (Å²) in [7, 11) is 1.64. The van der Waals surface area contributed by atoms with Crippen LogP contribution in [-0.4, -0.2) is 41.3 Å². The second kappa shape index (κ2) is 8.00. The van der Waals surface area contributed by atoms with Crippen molar-refractivity contribution in [1.29, 1.82) is 0 Å². The van der Waals surface area contributed by atoms with Gasteiger partial charge in [0.2, 0.25) is 0 Å². The molecular weight excluding hydrogens is 352 g/mol. The van der Waals surface area contributed by atoms with Crippen LogP contribution in [-0.2, 0) is 0 Å². The number of hydrogen-bond donors (Lipinski definition) is 2. The number of ether oxygens (including phenoxy) is 1. The van der Waals surface area contributed by atoms with E-state index in [1.54, 1.807) is 12.0 Å². The maximum absolute atomic E-state index is 12.6. The standard InChI is InChI=1S/C22H22N4O2/c1-28-19-9-7-18(8-10-19)20-15-21(25-24-20)23-22(27)26-13-11-17(12-14-26)16-5-3-2-4-6-16/h2-11,15H,12-14H2,1H3,(H2,23,24,25,27). The van der Waals surface area contributed by atoms with Crippen molar-refractivity contribution in [2.24, 2.45) is 0 Å². The quantitative estimate of drug-likeness (QED) is 0.711. The van der Waals surface area contributed by atoms with Crippen LogP contribution >= 0.6 is 0 Å². The van der Waals surface area contributed by atoms with Crippen molar-refractivity contribution in [2.45, 2.75) is 6.42 Å². The largest absolute Gasteiger partial charge is 0.497 e. The summed E-state index contributed by atoms with van der Waals surface area (Å²) in [4.78, 5) is 14.3. The molecule has 0 spiro atoms. The van der Waals surface area contributed by atoms with Gasteiger partial charge in [-0.15, -0.1) is 0 Å². The van der Waals surface area contributed by atoms with E-state index in [-0.39, 0.29) is 6.03 Å². The van der Waals surface area contributed by atoms with Gasteiger partial charge in [-0.1, -0.05) is 36.4 Å². The van der Waals surface area contributed by atoms with E-state index in [2.05, 4.69) is 33.7 Å². The van der Waals surface area contributed by atoms with E-state index in [1.165, 1.54) is 11.1 Å². The van der Waals surface area contributed by atoms with Gasteiger partial charge in [0.25, 0.3) is 0 Å². The van der Waals surface area contributed by atoms with Crippen LogP contribution in [0.3, 0.4) is 0 Å². The topological polar surface area (TPSA) is 70.2 Å². The number of carbonyl (C=O) groups is 1. The van der Waals surface area contributed by atoms with Gasteiger partial charge in [-0.3, -0.25) is 10.4 Å². The Bertz CT molecular complexity index is 977. The van der Waals surface area contributed by atoms with Crippen LogP contribution in [0.1, 0.15) is 12.0 Å². The molecule has 6 heteroatoms. The second-order valence-corrected chi connectivity index (χ2v) is 6.62. The first-order valence-electron chi connectivity index (χ1n) is 9.23. The Morgan fingerprint density at radius 3 is 2.57 bits per heavy atom. The Hall–Kier alpha value is -3.54. The van der Waals surface area contributed by atoms with E-state index in [1.807, 2.05) is 48.5 Å². The molecule has 6 nitrogen and oxygen atoms in total. The third-order valence-corrected chi connectivity index (χ3v) is 4.85. The fourth-order valence-electron chi connectivity index (χ4n) is 3.26. The number of hydrogen-bond acceptors (Lipinski definition) is 3. The van der Waals surface area contributed by atoms with E-state index in [0.29, 0.717) is 18.9 Å². The van der Waals surface area contributed by atoms with Crippen LogP contribution in [0.2, 0.25) is 0 Å². The summed E-state index contributed by atoms with van der Waals surface area (Å²) in [6.45, 7) is 1.27. The number of amides is 2. The Morgan fingerprint density at radius 1 is 1.11 bits per heavy atom. The lowest BCUT2D eigenvalue weighted by Gasteiger charge is -2.26. The lowest BCUT2D eigenvalue weighted by Crippen LogP contribution is -2.38. The molecule has 0 saturated carbocycles. The average molecular weight is 374 g/mol. The van der Waals surface area contributed by atoms with Crippen LogP contribution in [0.15, 0.2) is 66.7 Å². The normalized spacial score (nSPS) is 13.8. The first-order chi connectivity index (χ1) is 13.7. The van der Waals surface area contributed by atoms with Gasteiger partial charge in [-0.25, -0.2) is 4.79 Å². The zero-order chi connectivity index (χ0) is 19.3. The molecule has 28 heavy (non-hydrogen) atoms. The fraction of sp³-hybridized carbons (Fsp3) is 0.182. The molecule has 3 aromatic rings. The molecule has 2 N–H and O–H groups in total. The summed E-state index contributed by atoms with van der Waals surface area (Å²) >= 11 is 0. The number of benzene rings is 2. The fourth-order valence-corrected chi connectivity index (χ4v) is 3.26. The number of urea groups is 1. The molecule has 2 aromatic carbocycles. The first-order valence-corrected chi connectivity index (χ1v) is 9.23. The van der Waals surface area contributed by atoms with Crippen LogP contribution in [0.5, 0.6) is 5.75 Å². The van der Waals surface area contributed by atoms with E-state index in [4.69, 9.17) is 4.74 Å². The van der Waals surface area contributed by atoms with Crippen LogP contribution in [0.25, 0.3) is 16.8 Å². The summed E-state index contributed by atoms with van der Waals surface area (Å²) in [6, 6.07) is 19.6. The summed E-state index contributed by atoms with van der Waals surface area (Å²) in [5.74, 6) is 1.30. The van der Waals surface area contributed by atoms with Gasteiger partial charge in [0.15, 0.2) is 5.82 Å². The van der Waals surface area contributed by atoms with E-state index < -0.39 is 0 Å². The highest BCUT2D eigenvalue weighted by atomic mass is 16.5. The summed E-state index contributed by atoms with van der Waals surface area (Å²) in [6.07, 6.45) is 2.96. The molecule has 1 aliphatic heterocycles. The number of H-pyrrole nitrogens is 1. The molecule has 1 aromatic heterocycles. The third kappa shape index (κ3) is 3.91. The number of methoxy groups -OCH3 is 1.